The number of amides is 2. The molecule has 2 N–H and O–H groups in total. The van der Waals surface area contributed by atoms with Crippen molar-refractivity contribution in [1.82, 2.24) is 29.7 Å². The van der Waals surface area contributed by atoms with Crippen molar-refractivity contribution in [3.8, 4) is 11.8 Å². The molecule has 2 aliphatic heterocycles. The second-order valence-electron chi connectivity index (χ2n) is 11.8. The SMILES string of the molecule is CC(=O)Nc1ncc(CN2C[C@@H](Oc3ccc(F)cn3)C[C@@H]2C)s1.CC(=O)Nc1ncc(CN2C[C@H](Oc3ccc(F)cn3)C[C@@H]2C)s1. The van der Waals surface area contributed by atoms with E-state index < -0.39 is 0 Å². The Morgan fingerprint density at radius 1 is 0.729 bits per heavy atom. The molecule has 4 aromatic heterocycles. The maximum absolute atomic E-state index is 12.9. The van der Waals surface area contributed by atoms with Crippen molar-refractivity contribution < 1.29 is 27.8 Å². The molecule has 4 aromatic rings. The number of likely N-dealkylation sites (tertiary alicyclic amines) is 2. The van der Waals surface area contributed by atoms with E-state index in [0.29, 0.717) is 34.1 Å². The summed E-state index contributed by atoms with van der Waals surface area (Å²) in [5.41, 5.74) is 0. The second kappa shape index (κ2) is 16.3. The standard InChI is InChI=1S/2C16H19FN4O2S/c2*1-10-5-13(23-15-4-3-12(17)6-18-15)8-21(10)9-14-7-19-16(24-14)20-11(2)22/h2*3-4,6-7,10,13H,5,8-9H2,1-2H3,(H,19,20,22)/t10-,13+;10-,13-/m00/s1. The van der Waals surface area contributed by atoms with E-state index in [1.165, 1.54) is 48.7 Å². The number of thiazole rings is 2. The van der Waals surface area contributed by atoms with Crippen molar-refractivity contribution in [3.05, 3.63) is 70.4 Å². The molecule has 0 bridgehead atoms. The van der Waals surface area contributed by atoms with E-state index in [9.17, 15) is 18.4 Å². The van der Waals surface area contributed by atoms with Crippen molar-refractivity contribution in [3.63, 3.8) is 0 Å². The van der Waals surface area contributed by atoms with E-state index in [1.54, 1.807) is 24.5 Å². The van der Waals surface area contributed by atoms with Gasteiger partial charge >= 0.3 is 0 Å². The van der Waals surface area contributed by atoms with Gasteiger partial charge in [0.05, 0.1) is 12.4 Å². The summed E-state index contributed by atoms with van der Waals surface area (Å²) >= 11 is 2.95. The van der Waals surface area contributed by atoms with Crippen LogP contribution in [-0.4, -0.2) is 78.9 Å². The fraction of sp³-hybridized carbons (Fsp3) is 0.438. The van der Waals surface area contributed by atoms with Gasteiger partial charge in [0, 0.05) is 99.2 Å². The van der Waals surface area contributed by atoms with E-state index in [2.05, 4.69) is 54.2 Å². The molecule has 16 heteroatoms. The summed E-state index contributed by atoms with van der Waals surface area (Å²) in [7, 11) is 0. The minimum Gasteiger partial charge on any atom is -0.473 e. The molecule has 0 aromatic carbocycles. The first-order chi connectivity index (χ1) is 23.0. The van der Waals surface area contributed by atoms with Gasteiger partial charge in [-0.1, -0.05) is 0 Å². The van der Waals surface area contributed by atoms with Gasteiger partial charge < -0.3 is 20.1 Å². The molecule has 4 atom stereocenters. The molecule has 12 nitrogen and oxygen atoms in total. The molecule has 256 valence electrons. The highest BCUT2D eigenvalue weighted by molar-refractivity contribution is 7.16. The summed E-state index contributed by atoms with van der Waals surface area (Å²) in [6.45, 7) is 10.3. The maximum Gasteiger partial charge on any atom is 0.223 e. The van der Waals surface area contributed by atoms with E-state index in [0.717, 1.165) is 61.2 Å². The quantitative estimate of drug-likeness (QED) is 0.223. The Bertz CT molecular complexity index is 1530. The molecule has 0 aliphatic carbocycles. The Morgan fingerprint density at radius 2 is 1.15 bits per heavy atom. The fourth-order valence-corrected chi connectivity index (χ4v) is 7.26. The number of rotatable bonds is 10. The lowest BCUT2D eigenvalue weighted by atomic mass is 10.2. The van der Waals surface area contributed by atoms with E-state index in [-0.39, 0.29) is 35.7 Å². The Kier molecular flexibility index (Phi) is 12.0. The van der Waals surface area contributed by atoms with Gasteiger partial charge in [-0.05, 0) is 26.0 Å². The van der Waals surface area contributed by atoms with Gasteiger partial charge in [-0.25, -0.2) is 28.7 Å². The second-order valence-corrected chi connectivity index (χ2v) is 14.0. The van der Waals surface area contributed by atoms with Crippen LogP contribution >= 0.6 is 22.7 Å². The molecule has 6 heterocycles. The number of hydrogen-bond acceptors (Lipinski definition) is 12. The first-order valence-electron chi connectivity index (χ1n) is 15.5. The van der Waals surface area contributed by atoms with Crippen LogP contribution in [0, 0.1) is 11.6 Å². The molecule has 2 saturated heterocycles. The summed E-state index contributed by atoms with van der Waals surface area (Å²) in [5, 5.41) is 6.62. The highest BCUT2D eigenvalue weighted by Gasteiger charge is 2.32. The molecule has 0 spiro atoms. The molecule has 0 radical (unpaired) electrons. The van der Waals surface area contributed by atoms with Gasteiger partial charge in [0.15, 0.2) is 10.3 Å². The maximum atomic E-state index is 12.9. The van der Waals surface area contributed by atoms with E-state index in [1.807, 2.05) is 0 Å². The number of carbonyl (C=O) groups excluding carboxylic acids is 2. The molecule has 6 rings (SSSR count). The predicted molar refractivity (Wildman–Crippen MR) is 179 cm³/mol. The molecule has 48 heavy (non-hydrogen) atoms. The third-order valence-corrected chi connectivity index (χ3v) is 9.49. The zero-order valence-electron chi connectivity index (χ0n) is 27.1. The highest BCUT2D eigenvalue weighted by atomic mass is 32.1. The normalized spacial score (nSPS) is 21.0. The van der Waals surface area contributed by atoms with Crippen LogP contribution in [0.25, 0.3) is 0 Å². The van der Waals surface area contributed by atoms with Gasteiger partial charge in [0.25, 0.3) is 0 Å². The lowest BCUT2D eigenvalue weighted by Crippen LogP contribution is -2.27. The predicted octanol–water partition coefficient (Wildman–Crippen LogP) is 5.35. The Balaban J connectivity index is 0.000000188. The van der Waals surface area contributed by atoms with Crippen molar-refractivity contribution in [1.29, 1.82) is 0 Å². The molecule has 0 saturated carbocycles. The minimum absolute atomic E-state index is 0.0284. The summed E-state index contributed by atoms with van der Waals surface area (Å²) in [4.78, 5) is 45.2. The number of aromatic nitrogens is 4. The van der Waals surface area contributed by atoms with E-state index >= 15 is 0 Å². The lowest BCUT2D eigenvalue weighted by molar-refractivity contribution is -0.115. The van der Waals surface area contributed by atoms with Crippen LogP contribution in [0.5, 0.6) is 11.8 Å². The third kappa shape index (κ3) is 10.4. The Morgan fingerprint density at radius 3 is 1.50 bits per heavy atom. The van der Waals surface area contributed by atoms with Crippen molar-refractivity contribution in [2.24, 2.45) is 0 Å². The van der Waals surface area contributed by atoms with Crippen LogP contribution in [0.4, 0.5) is 19.0 Å². The zero-order valence-corrected chi connectivity index (χ0v) is 28.7. The van der Waals surface area contributed by atoms with Crippen LogP contribution < -0.4 is 20.1 Å². The number of nitrogens with one attached hydrogen (secondary N) is 2. The molecule has 2 fully saturated rings. The summed E-state index contributed by atoms with van der Waals surface area (Å²) in [5.74, 6) is -0.0911. The number of ether oxygens (including phenoxy) is 2. The fourth-order valence-electron chi connectivity index (χ4n) is 5.49. The average molecular weight is 701 g/mol. The summed E-state index contributed by atoms with van der Waals surface area (Å²) in [6, 6.07) is 6.51. The van der Waals surface area contributed by atoms with Gasteiger partial charge in [-0.2, -0.15) is 0 Å². The largest absolute Gasteiger partial charge is 0.473 e. The van der Waals surface area contributed by atoms with Gasteiger partial charge in [-0.15, -0.1) is 22.7 Å². The molecule has 2 amide bonds. The number of carbonyl (C=O) groups is 2. The van der Waals surface area contributed by atoms with Crippen LogP contribution in [0.3, 0.4) is 0 Å². The van der Waals surface area contributed by atoms with Gasteiger partial charge in [0.1, 0.15) is 23.8 Å². The van der Waals surface area contributed by atoms with Crippen molar-refractivity contribution >= 4 is 44.8 Å². The molecular weight excluding hydrogens is 663 g/mol. The first kappa shape index (κ1) is 35.2. The monoisotopic (exact) mass is 700 g/mol. The van der Waals surface area contributed by atoms with Gasteiger partial charge in [-0.3, -0.25) is 19.4 Å². The van der Waals surface area contributed by atoms with Crippen molar-refractivity contribution in [2.75, 3.05) is 23.7 Å². The smallest absolute Gasteiger partial charge is 0.223 e. The van der Waals surface area contributed by atoms with Crippen LogP contribution in [0.2, 0.25) is 0 Å². The van der Waals surface area contributed by atoms with E-state index in [4.69, 9.17) is 9.47 Å². The number of hydrogen-bond donors (Lipinski definition) is 2. The number of halogens is 2. The molecule has 0 unspecified atom stereocenters. The van der Waals surface area contributed by atoms with Crippen LogP contribution in [0.1, 0.15) is 50.3 Å². The topological polar surface area (TPSA) is 135 Å². The Hall–Kier alpha value is -4.12. The van der Waals surface area contributed by atoms with Crippen LogP contribution in [0.15, 0.2) is 49.1 Å². The number of nitrogens with zero attached hydrogens (tertiary/aromatic N) is 6. The number of pyridine rings is 2. The highest BCUT2D eigenvalue weighted by Crippen LogP contribution is 2.28. The summed E-state index contributed by atoms with van der Waals surface area (Å²) in [6.07, 6.45) is 7.73. The average Bonchev–Trinajstić information content (AvgIpc) is 3.81. The summed E-state index contributed by atoms with van der Waals surface area (Å²) < 4.78 is 37.5. The van der Waals surface area contributed by atoms with Crippen LogP contribution in [-0.2, 0) is 22.7 Å². The molecular formula is C32H38F2N8O4S2. The van der Waals surface area contributed by atoms with Crippen molar-refractivity contribution in [2.45, 2.75) is 77.9 Å². The lowest BCUT2D eigenvalue weighted by Gasteiger charge is -2.19. The Labute approximate surface area is 285 Å². The minimum atomic E-state index is -0.371. The molecule has 2 aliphatic rings. The van der Waals surface area contributed by atoms with Gasteiger partial charge in [0.2, 0.25) is 23.6 Å². The zero-order chi connectivity index (χ0) is 34.2. The third-order valence-electron chi connectivity index (χ3n) is 7.70. The number of anilines is 2. The first-order valence-corrected chi connectivity index (χ1v) is 17.1.